The van der Waals surface area contributed by atoms with Crippen LogP contribution in [-0.2, 0) is 4.74 Å². The third kappa shape index (κ3) is 3.85. The first-order valence-electron chi connectivity index (χ1n) is 4.69. The number of hydrogen-bond acceptors (Lipinski definition) is 3. The van der Waals surface area contributed by atoms with Crippen LogP contribution in [0.5, 0.6) is 5.75 Å². The summed E-state index contributed by atoms with van der Waals surface area (Å²) in [4.78, 5) is 0. The zero-order chi connectivity index (χ0) is 11.3. The lowest BCUT2D eigenvalue weighted by atomic mass is 10.2. The molecule has 0 aromatic heterocycles. The van der Waals surface area contributed by atoms with E-state index in [4.69, 9.17) is 9.47 Å². The standard InChI is InChI=1S/C11H15FO3/c1-8-3-4-9(12)5-11(8)15-7-10(13)6-14-2/h3-5,10,13H,6-7H2,1-2H3/t10-/m1/s1. The third-order valence-corrected chi connectivity index (χ3v) is 1.94. The van der Waals surface area contributed by atoms with Gasteiger partial charge in [-0.1, -0.05) is 6.07 Å². The van der Waals surface area contributed by atoms with Crippen LogP contribution in [0.2, 0.25) is 0 Å². The molecule has 0 heterocycles. The van der Waals surface area contributed by atoms with E-state index in [9.17, 15) is 9.50 Å². The van der Waals surface area contributed by atoms with Gasteiger partial charge >= 0.3 is 0 Å². The van der Waals surface area contributed by atoms with Crippen LogP contribution in [0.25, 0.3) is 0 Å². The molecule has 0 fully saturated rings. The zero-order valence-electron chi connectivity index (χ0n) is 8.87. The SMILES string of the molecule is COC[C@@H](O)COc1cc(F)ccc1C. The van der Waals surface area contributed by atoms with Crippen molar-refractivity contribution in [3.8, 4) is 5.75 Å². The number of ether oxygens (including phenoxy) is 2. The van der Waals surface area contributed by atoms with E-state index in [1.54, 1.807) is 6.07 Å². The quantitative estimate of drug-likeness (QED) is 0.807. The van der Waals surface area contributed by atoms with E-state index >= 15 is 0 Å². The van der Waals surface area contributed by atoms with Gasteiger partial charge in [-0.25, -0.2) is 4.39 Å². The monoisotopic (exact) mass is 214 g/mol. The minimum absolute atomic E-state index is 0.0954. The minimum atomic E-state index is -0.697. The molecule has 0 amide bonds. The molecule has 0 unspecified atom stereocenters. The van der Waals surface area contributed by atoms with Crippen LogP contribution in [-0.4, -0.2) is 31.5 Å². The fourth-order valence-electron chi connectivity index (χ4n) is 1.16. The predicted octanol–water partition coefficient (Wildman–Crippen LogP) is 1.52. The lowest BCUT2D eigenvalue weighted by Gasteiger charge is -2.12. The fourth-order valence-corrected chi connectivity index (χ4v) is 1.16. The first-order chi connectivity index (χ1) is 7.13. The Kier molecular flexibility index (Phi) is 4.52. The Morgan fingerprint density at radius 3 is 2.80 bits per heavy atom. The van der Waals surface area contributed by atoms with Gasteiger partial charge in [0.2, 0.25) is 0 Å². The van der Waals surface area contributed by atoms with Crippen molar-refractivity contribution in [2.24, 2.45) is 0 Å². The van der Waals surface area contributed by atoms with Gasteiger partial charge in [0.15, 0.2) is 0 Å². The molecule has 3 nitrogen and oxygen atoms in total. The highest BCUT2D eigenvalue weighted by molar-refractivity contribution is 5.32. The van der Waals surface area contributed by atoms with E-state index in [1.165, 1.54) is 19.2 Å². The van der Waals surface area contributed by atoms with Crippen LogP contribution in [0.4, 0.5) is 4.39 Å². The Morgan fingerprint density at radius 1 is 1.40 bits per heavy atom. The topological polar surface area (TPSA) is 38.7 Å². The van der Waals surface area contributed by atoms with Gasteiger partial charge in [0.05, 0.1) is 6.61 Å². The van der Waals surface area contributed by atoms with Crippen LogP contribution in [0, 0.1) is 12.7 Å². The van der Waals surface area contributed by atoms with Crippen molar-refractivity contribution in [1.82, 2.24) is 0 Å². The molecule has 0 aliphatic rings. The summed E-state index contributed by atoms with van der Waals surface area (Å²) in [5, 5.41) is 9.33. The van der Waals surface area contributed by atoms with E-state index < -0.39 is 6.10 Å². The van der Waals surface area contributed by atoms with E-state index in [0.29, 0.717) is 5.75 Å². The molecule has 0 aliphatic heterocycles. The number of halogens is 1. The van der Waals surface area contributed by atoms with Crippen LogP contribution in [0.3, 0.4) is 0 Å². The molecule has 0 saturated heterocycles. The summed E-state index contributed by atoms with van der Waals surface area (Å²) < 4.78 is 22.9. The van der Waals surface area contributed by atoms with Gasteiger partial charge in [-0.2, -0.15) is 0 Å². The minimum Gasteiger partial charge on any atom is -0.490 e. The lowest BCUT2D eigenvalue weighted by molar-refractivity contribution is 0.0323. The molecule has 1 aromatic carbocycles. The molecule has 0 saturated carbocycles. The highest BCUT2D eigenvalue weighted by Gasteiger charge is 2.06. The van der Waals surface area contributed by atoms with Crippen molar-refractivity contribution in [1.29, 1.82) is 0 Å². The molecular formula is C11H15FO3. The number of aliphatic hydroxyl groups excluding tert-OH is 1. The predicted molar refractivity (Wildman–Crippen MR) is 54.5 cm³/mol. The van der Waals surface area contributed by atoms with Crippen LogP contribution < -0.4 is 4.74 Å². The Balaban J connectivity index is 2.53. The second-order valence-electron chi connectivity index (χ2n) is 3.33. The van der Waals surface area contributed by atoms with Gasteiger partial charge in [0, 0.05) is 13.2 Å². The number of hydrogen-bond donors (Lipinski definition) is 1. The van der Waals surface area contributed by atoms with E-state index in [1.807, 2.05) is 6.92 Å². The second kappa shape index (κ2) is 5.68. The Morgan fingerprint density at radius 2 is 2.13 bits per heavy atom. The smallest absolute Gasteiger partial charge is 0.126 e. The highest BCUT2D eigenvalue weighted by atomic mass is 19.1. The van der Waals surface area contributed by atoms with Crippen molar-refractivity contribution in [3.05, 3.63) is 29.6 Å². The largest absolute Gasteiger partial charge is 0.490 e. The molecule has 0 radical (unpaired) electrons. The fraction of sp³-hybridized carbons (Fsp3) is 0.455. The molecular weight excluding hydrogens is 199 g/mol. The van der Waals surface area contributed by atoms with Gasteiger partial charge in [-0.05, 0) is 18.6 Å². The maximum atomic E-state index is 12.9. The van der Waals surface area contributed by atoms with Crippen LogP contribution in [0.1, 0.15) is 5.56 Å². The second-order valence-corrected chi connectivity index (χ2v) is 3.33. The Labute approximate surface area is 88.4 Å². The summed E-state index contributed by atoms with van der Waals surface area (Å²) in [6.07, 6.45) is -0.697. The van der Waals surface area contributed by atoms with Crippen LogP contribution in [0.15, 0.2) is 18.2 Å². The Bertz CT molecular complexity index is 315. The van der Waals surface area contributed by atoms with Gasteiger partial charge < -0.3 is 14.6 Å². The summed E-state index contributed by atoms with van der Waals surface area (Å²) >= 11 is 0. The third-order valence-electron chi connectivity index (χ3n) is 1.94. The zero-order valence-corrected chi connectivity index (χ0v) is 8.87. The van der Waals surface area contributed by atoms with E-state index in [-0.39, 0.29) is 19.0 Å². The van der Waals surface area contributed by atoms with E-state index in [2.05, 4.69) is 0 Å². The van der Waals surface area contributed by atoms with Crippen molar-refractivity contribution in [2.75, 3.05) is 20.3 Å². The maximum Gasteiger partial charge on any atom is 0.126 e. The normalized spacial score (nSPS) is 12.5. The van der Waals surface area contributed by atoms with Crippen molar-refractivity contribution in [2.45, 2.75) is 13.0 Å². The molecule has 15 heavy (non-hydrogen) atoms. The molecule has 0 spiro atoms. The molecule has 4 heteroatoms. The summed E-state index contributed by atoms with van der Waals surface area (Å²) in [6.45, 7) is 2.12. The number of aliphatic hydroxyl groups is 1. The van der Waals surface area contributed by atoms with Gasteiger partial charge in [-0.15, -0.1) is 0 Å². The maximum absolute atomic E-state index is 12.9. The molecule has 1 atom stereocenters. The average Bonchev–Trinajstić information content (AvgIpc) is 2.20. The number of rotatable bonds is 5. The molecule has 1 rings (SSSR count). The Hall–Kier alpha value is -1.13. The summed E-state index contributed by atoms with van der Waals surface area (Å²) in [7, 11) is 1.50. The van der Waals surface area contributed by atoms with E-state index in [0.717, 1.165) is 5.56 Å². The number of aryl methyl sites for hydroxylation is 1. The summed E-state index contributed by atoms with van der Waals surface area (Å²) in [5.41, 5.74) is 0.834. The molecule has 1 aromatic rings. The number of benzene rings is 1. The van der Waals surface area contributed by atoms with Gasteiger partial charge in [-0.3, -0.25) is 0 Å². The average molecular weight is 214 g/mol. The van der Waals surface area contributed by atoms with Crippen molar-refractivity contribution < 1.29 is 19.0 Å². The first-order valence-corrected chi connectivity index (χ1v) is 4.69. The van der Waals surface area contributed by atoms with Gasteiger partial charge in [0.1, 0.15) is 24.3 Å². The lowest BCUT2D eigenvalue weighted by Crippen LogP contribution is -2.22. The van der Waals surface area contributed by atoms with Crippen molar-refractivity contribution in [3.63, 3.8) is 0 Å². The first kappa shape index (κ1) is 11.9. The highest BCUT2D eigenvalue weighted by Crippen LogP contribution is 2.18. The molecule has 84 valence electrons. The summed E-state index contributed by atoms with van der Waals surface area (Å²) in [5.74, 6) is 0.0991. The van der Waals surface area contributed by atoms with Gasteiger partial charge in [0.25, 0.3) is 0 Å². The molecule has 0 aliphatic carbocycles. The van der Waals surface area contributed by atoms with Crippen LogP contribution >= 0.6 is 0 Å². The molecule has 1 N–H and O–H groups in total. The summed E-state index contributed by atoms with van der Waals surface area (Å²) in [6, 6.07) is 4.30. The number of methoxy groups -OCH3 is 1. The van der Waals surface area contributed by atoms with Crippen molar-refractivity contribution >= 4 is 0 Å². The molecule has 0 bridgehead atoms.